The molecule has 1 aliphatic rings. The van der Waals surface area contributed by atoms with E-state index in [1.165, 1.54) is 37.1 Å². The molecule has 1 heterocycles. The molecule has 0 bridgehead atoms. The molecule has 0 amide bonds. The molecule has 0 aliphatic heterocycles. The van der Waals surface area contributed by atoms with E-state index in [9.17, 15) is 0 Å². The number of thiophene rings is 1. The highest BCUT2D eigenvalue weighted by Crippen LogP contribution is 2.26. The van der Waals surface area contributed by atoms with Crippen LogP contribution < -0.4 is 5.32 Å². The summed E-state index contributed by atoms with van der Waals surface area (Å²) < 4.78 is 0. The summed E-state index contributed by atoms with van der Waals surface area (Å²) in [6.45, 7) is 5.68. The quantitative estimate of drug-likeness (QED) is 0.794. The van der Waals surface area contributed by atoms with E-state index in [0.717, 1.165) is 25.0 Å². The Morgan fingerprint density at radius 3 is 3.06 bits per heavy atom. The van der Waals surface area contributed by atoms with E-state index in [1.54, 1.807) is 0 Å². The average molecular weight is 266 g/mol. The Morgan fingerprint density at radius 2 is 2.33 bits per heavy atom. The van der Waals surface area contributed by atoms with Crippen molar-refractivity contribution < 1.29 is 0 Å². The first-order valence-corrected chi connectivity index (χ1v) is 8.07. The lowest BCUT2D eigenvalue weighted by molar-refractivity contribution is 0.164. The van der Waals surface area contributed by atoms with Crippen molar-refractivity contribution in [1.29, 1.82) is 0 Å². The summed E-state index contributed by atoms with van der Waals surface area (Å²) in [4.78, 5) is 3.99. The number of nitrogens with one attached hydrogen (secondary N) is 1. The molecule has 1 saturated carbocycles. The second kappa shape index (κ2) is 7.27. The van der Waals surface area contributed by atoms with Crippen molar-refractivity contribution in [1.82, 2.24) is 10.2 Å². The van der Waals surface area contributed by atoms with Gasteiger partial charge in [-0.1, -0.05) is 25.8 Å². The Morgan fingerprint density at radius 1 is 1.44 bits per heavy atom. The van der Waals surface area contributed by atoms with Crippen molar-refractivity contribution in [3.8, 4) is 0 Å². The molecule has 2 unspecified atom stereocenters. The van der Waals surface area contributed by atoms with Gasteiger partial charge in [0.2, 0.25) is 0 Å². The van der Waals surface area contributed by atoms with Crippen LogP contribution in [0.5, 0.6) is 0 Å². The summed E-state index contributed by atoms with van der Waals surface area (Å²) in [7, 11) is 2.29. The summed E-state index contributed by atoms with van der Waals surface area (Å²) in [6.07, 6.45) is 5.63. The lowest BCUT2D eigenvalue weighted by Crippen LogP contribution is -2.39. The highest BCUT2D eigenvalue weighted by atomic mass is 32.1. The van der Waals surface area contributed by atoms with Gasteiger partial charge in [0, 0.05) is 30.6 Å². The van der Waals surface area contributed by atoms with E-state index in [1.807, 2.05) is 11.3 Å². The monoisotopic (exact) mass is 266 g/mol. The molecule has 2 nitrogen and oxygen atoms in total. The molecule has 0 spiro atoms. The number of hydrogen-bond acceptors (Lipinski definition) is 3. The van der Waals surface area contributed by atoms with Crippen LogP contribution in [0.25, 0.3) is 0 Å². The van der Waals surface area contributed by atoms with Crippen LogP contribution in [0.4, 0.5) is 0 Å². The number of nitrogens with zero attached hydrogens (tertiary/aromatic N) is 1. The van der Waals surface area contributed by atoms with Crippen molar-refractivity contribution in [3.63, 3.8) is 0 Å². The van der Waals surface area contributed by atoms with Crippen molar-refractivity contribution in [2.24, 2.45) is 5.92 Å². The number of hydrogen-bond donors (Lipinski definition) is 1. The molecule has 2 rings (SSSR count). The Bertz CT molecular complexity index is 323. The van der Waals surface area contributed by atoms with Gasteiger partial charge in [-0.05, 0) is 37.3 Å². The van der Waals surface area contributed by atoms with Gasteiger partial charge in [-0.15, -0.1) is 11.3 Å². The van der Waals surface area contributed by atoms with Crippen molar-refractivity contribution in [2.75, 3.05) is 20.1 Å². The van der Waals surface area contributed by atoms with E-state index in [0.29, 0.717) is 0 Å². The van der Waals surface area contributed by atoms with Gasteiger partial charge in [-0.3, -0.25) is 0 Å². The lowest BCUT2D eigenvalue weighted by Gasteiger charge is -2.34. The van der Waals surface area contributed by atoms with E-state index in [-0.39, 0.29) is 0 Å². The van der Waals surface area contributed by atoms with Crippen LogP contribution in [-0.2, 0) is 6.54 Å². The maximum atomic E-state index is 3.54. The zero-order valence-electron chi connectivity index (χ0n) is 11.7. The minimum Gasteiger partial charge on any atom is -0.311 e. The molecular formula is C15H26N2S. The summed E-state index contributed by atoms with van der Waals surface area (Å²) in [5.41, 5.74) is 0. The van der Waals surface area contributed by atoms with E-state index in [4.69, 9.17) is 0 Å². The molecule has 1 aromatic rings. The third-order valence-corrected chi connectivity index (χ3v) is 4.93. The van der Waals surface area contributed by atoms with Crippen LogP contribution in [0.2, 0.25) is 0 Å². The van der Waals surface area contributed by atoms with E-state index < -0.39 is 0 Å². The van der Waals surface area contributed by atoms with E-state index >= 15 is 0 Å². The predicted molar refractivity (Wildman–Crippen MR) is 80.1 cm³/mol. The fourth-order valence-electron chi connectivity index (χ4n) is 2.87. The standard InChI is InChI=1S/C15H26N2S/c1-13-5-3-6-14(11-13)17(2)9-8-16-12-15-7-4-10-18-15/h4,7,10,13-14,16H,3,5-6,8-9,11-12H2,1-2H3. The smallest absolute Gasteiger partial charge is 0.0300 e. The van der Waals surface area contributed by atoms with Gasteiger partial charge in [0.15, 0.2) is 0 Å². The zero-order valence-corrected chi connectivity index (χ0v) is 12.5. The predicted octanol–water partition coefficient (Wildman–Crippen LogP) is 3.35. The minimum absolute atomic E-state index is 0.817. The normalized spacial score (nSPS) is 24.6. The fraction of sp³-hybridized carbons (Fsp3) is 0.733. The van der Waals surface area contributed by atoms with Gasteiger partial charge in [0.1, 0.15) is 0 Å². The maximum Gasteiger partial charge on any atom is 0.0300 e. The molecule has 1 N–H and O–H groups in total. The van der Waals surface area contributed by atoms with Gasteiger partial charge in [-0.25, -0.2) is 0 Å². The van der Waals surface area contributed by atoms with Crippen LogP contribution in [0, 0.1) is 5.92 Å². The first-order chi connectivity index (χ1) is 8.75. The molecule has 1 fully saturated rings. The molecule has 1 aliphatic carbocycles. The summed E-state index contributed by atoms with van der Waals surface area (Å²) in [6, 6.07) is 5.14. The van der Waals surface area contributed by atoms with Crippen molar-refractivity contribution in [2.45, 2.75) is 45.2 Å². The average Bonchev–Trinajstić information content (AvgIpc) is 2.87. The van der Waals surface area contributed by atoms with Gasteiger partial charge >= 0.3 is 0 Å². The SMILES string of the molecule is CC1CCCC(N(C)CCNCc2cccs2)C1. The lowest BCUT2D eigenvalue weighted by atomic mass is 9.86. The first kappa shape index (κ1) is 14.0. The third-order valence-electron chi connectivity index (χ3n) is 4.05. The van der Waals surface area contributed by atoms with Gasteiger partial charge in [0.05, 0.1) is 0 Å². The summed E-state index contributed by atoms with van der Waals surface area (Å²) >= 11 is 1.83. The van der Waals surface area contributed by atoms with E-state index in [2.05, 4.69) is 41.7 Å². The van der Waals surface area contributed by atoms with Crippen molar-refractivity contribution >= 4 is 11.3 Å². The van der Waals surface area contributed by atoms with Crippen LogP contribution in [0.15, 0.2) is 17.5 Å². The third kappa shape index (κ3) is 4.38. The van der Waals surface area contributed by atoms with Gasteiger partial charge < -0.3 is 10.2 Å². The Labute approximate surface area is 115 Å². The van der Waals surface area contributed by atoms with Crippen molar-refractivity contribution in [3.05, 3.63) is 22.4 Å². The molecule has 1 aromatic heterocycles. The maximum absolute atomic E-state index is 3.54. The largest absolute Gasteiger partial charge is 0.311 e. The molecule has 18 heavy (non-hydrogen) atoms. The summed E-state index contributed by atoms with van der Waals surface area (Å²) in [5.74, 6) is 0.922. The highest BCUT2D eigenvalue weighted by Gasteiger charge is 2.21. The van der Waals surface area contributed by atoms with Gasteiger partial charge in [0.25, 0.3) is 0 Å². The fourth-order valence-corrected chi connectivity index (χ4v) is 3.54. The Kier molecular flexibility index (Phi) is 5.67. The Hall–Kier alpha value is -0.380. The van der Waals surface area contributed by atoms with Crippen LogP contribution in [0.1, 0.15) is 37.5 Å². The van der Waals surface area contributed by atoms with Crippen LogP contribution in [0.3, 0.4) is 0 Å². The topological polar surface area (TPSA) is 15.3 Å². The molecule has 3 heteroatoms. The number of rotatable bonds is 6. The van der Waals surface area contributed by atoms with Gasteiger partial charge in [-0.2, -0.15) is 0 Å². The zero-order chi connectivity index (χ0) is 12.8. The molecule has 0 aromatic carbocycles. The highest BCUT2D eigenvalue weighted by molar-refractivity contribution is 7.09. The molecule has 2 atom stereocenters. The number of likely N-dealkylation sites (N-methyl/N-ethyl adjacent to an activating group) is 1. The molecular weight excluding hydrogens is 240 g/mol. The second-order valence-electron chi connectivity index (χ2n) is 5.66. The first-order valence-electron chi connectivity index (χ1n) is 7.19. The summed E-state index contributed by atoms with van der Waals surface area (Å²) in [5, 5.41) is 5.68. The minimum atomic E-state index is 0.817. The molecule has 0 radical (unpaired) electrons. The van der Waals surface area contributed by atoms with Crippen LogP contribution in [-0.4, -0.2) is 31.1 Å². The molecule has 0 saturated heterocycles. The Balaban J connectivity index is 1.60. The van der Waals surface area contributed by atoms with Crippen LogP contribution >= 0.6 is 11.3 Å². The second-order valence-corrected chi connectivity index (χ2v) is 6.69. The molecule has 102 valence electrons.